The van der Waals surface area contributed by atoms with Crippen LogP contribution in [0.25, 0.3) is 32.7 Å². The van der Waals surface area contributed by atoms with Crippen LogP contribution in [0.2, 0.25) is 0 Å². The third kappa shape index (κ3) is 3.90. The average molecular weight is 552 g/mol. The van der Waals surface area contributed by atoms with Crippen LogP contribution in [0, 0.1) is 12.1 Å². The Hall–Kier alpha value is -3.09. The van der Waals surface area contributed by atoms with E-state index in [2.05, 4.69) is 64.6 Å². The molecule has 3 heteroatoms. The Bertz CT molecular complexity index is 1310. The smallest absolute Gasteiger partial charge is 0.293 e. The molecule has 29 heavy (non-hydrogen) atoms. The second-order valence-corrected chi connectivity index (χ2v) is 6.57. The van der Waals surface area contributed by atoms with E-state index in [1.807, 2.05) is 42.5 Å². The molecule has 5 aromatic rings. The number of rotatable bonds is 3. The Morgan fingerprint density at radius 1 is 0.759 bits per heavy atom. The molecule has 0 aliphatic rings. The number of benzene rings is 4. The third-order valence-corrected chi connectivity index (χ3v) is 4.77. The van der Waals surface area contributed by atoms with E-state index in [-0.39, 0.29) is 21.1 Å². The number of hydrogen-bond donors (Lipinski definition) is 0. The Kier molecular flexibility index (Phi) is 5.64. The predicted molar refractivity (Wildman–Crippen MR) is 116 cm³/mol. The van der Waals surface area contributed by atoms with Crippen LogP contribution in [0.3, 0.4) is 0 Å². The molecule has 0 saturated carbocycles. The van der Waals surface area contributed by atoms with E-state index in [0.717, 1.165) is 38.7 Å². The quantitative estimate of drug-likeness (QED) is 0.188. The molecule has 0 aliphatic heterocycles. The van der Waals surface area contributed by atoms with Gasteiger partial charge in [-0.05, 0) is 12.1 Å². The summed E-state index contributed by atoms with van der Waals surface area (Å²) in [6.07, 6.45) is 3.56. The van der Waals surface area contributed by atoms with E-state index in [0.29, 0.717) is 0 Å². The minimum absolute atomic E-state index is 0. The molecule has 0 fully saturated rings. The predicted octanol–water partition coefficient (Wildman–Crippen LogP) is 6.40. The maximum Gasteiger partial charge on any atom is 2.00 e. The first-order chi connectivity index (χ1) is 13.9. The SMILES string of the molecule is [Pt+2].[c-]1c(-c2cccc3ccc[c-]c23)ccc2cccc(N=Cc3ccccn3)c12. The van der Waals surface area contributed by atoms with Crippen molar-refractivity contribution in [1.82, 2.24) is 4.98 Å². The van der Waals surface area contributed by atoms with Crippen molar-refractivity contribution in [2.24, 2.45) is 4.99 Å². The number of aliphatic imine (C=N–C) groups is 1. The molecule has 0 amide bonds. The van der Waals surface area contributed by atoms with E-state index in [1.54, 1.807) is 12.4 Å². The minimum Gasteiger partial charge on any atom is -0.293 e. The van der Waals surface area contributed by atoms with Gasteiger partial charge in [-0.3, -0.25) is 9.98 Å². The van der Waals surface area contributed by atoms with Crippen LogP contribution < -0.4 is 0 Å². The van der Waals surface area contributed by atoms with Crippen LogP contribution in [-0.2, 0) is 21.1 Å². The minimum atomic E-state index is 0. The van der Waals surface area contributed by atoms with Gasteiger partial charge < -0.3 is 0 Å². The molecule has 4 aromatic carbocycles. The first kappa shape index (κ1) is 19.2. The van der Waals surface area contributed by atoms with Gasteiger partial charge in [0.25, 0.3) is 0 Å². The zero-order chi connectivity index (χ0) is 18.8. The van der Waals surface area contributed by atoms with Crippen molar-refractivity contribution in [3.8, 4) is 11.1 Å². The molecule has 0 spiro atoms. The van der Waals surface area contributed by atoms with Crippen LogP contribution in [0.1, 0.15) is 5.69 Å². The molecule has 0 bridgehead atoms. The van der Waals surface area contributed by atoms with Gasteiger partial charge in [-0.25, -0.2) is 0 Å². The van der Waals surface area contributed by atoms with Crippen molar-refractivity contribution < 1.29 is 21.1 Å². The normalized spacial score (nSPS) is 11.0. The number of hydrogen-bond acceptors (Lipinski definition) is 2. The van der Waals surface area contributed by atoms with Gasteiger partial charge in [0.1, 0.15) is 0 Å². The van der Waals surface area contributed by atoms with Gasteiger partial charge in [0, 0.05) is 18.1 Å². The molecule has 0 atom stereocenters. The molecule has 1 heterocycles. The van der Waals surface area contributed by atoms with Crippen molar-refractivity contribution in [2.45, 2.75) is 0 Å². The standard InChI is InChI=1S/C26H16N2.Pt/c1-2-11-23-19(7-1)8-5-12-24(23)21-15-14-20-9-6-13-26(25(20)17-21)28-18-22-10-3-4-16-27-22;/h1-10,12-16,18H;/q-2;+2. The zero-order valence-electron chi connectivity index (χ0n) is 15.4. The van der Waals surface area contributed by atoms with E-state index < -0.39 is 0 Å². The summed E-state index contributed by atoms with van der Waals surface area (Å²) in [4.78, 5) is 8.98. The van der Waals surface area contributed by atoms with Crippen molar-refractivity contribution in [3.63, 3.8) is 0 Å². The maximum absolute atomic E-state index is 4.68. The van der Waals surface area contributed by atoms with Gasteiger partial charge in [-0.1, -0.05) is 53.2 Å². The average Bonchev–Trinajstić information content (AvgIpc) is 2.77. The molecular weight excluding hydrogens is 535 g/mol. The summed E-state index contributed by atoms with van der Waals surface area (Å²) in [5.74, 6) is 0. The van der Waals surface area contributed by atoms with Crippen molar-refractivity contribution in [2.75, 3.05) is 0 Å². The van der Waals surface area contributed by atoms with Gasteiger partial charge in [0.15, 0.2) is 0 Å². The van der Waals surface area contributed by atoms with Crippen molar-refractivity contribution >= 4 is 33.4 Å². The Morgan fingerprint density at radius 3 is 2.45 bits per heavy atom. The number of aromatic nitrogens is 1. The zero-order valence-corrected chi connectivity index (χ0v) is 17.7. The summed E-state index contributed by atoms with van der Waals surface area (Å²) in [5.41, 5.74) is 3.89. The maximum atomic E-state index is 4.68. The molecule has 0 saturated heterocycles. The van der Waals surface area contributed by atoms with E-state index in [4.69, 9.17) is 0 Å². The van der Waals surface area contributed by atoms with Crippen LogP contribution in [0.15, 0.2) is 96.1 Å². The van der Waals surface area contributed by atoms with Crippen molar-refractivity contribution in [1.29, 1.82) is 0 Å². The number of nitrogens with zero attached hydrogens (tertiary/aromatic N) is 2. The molecule has 0 unspecified atom stereocenters. The summed E-state index contributed by atoms with van der Waals surface area (Å²) in [6.45, 7) is 0. The Morgan fingerprint density at radius 2 is 1.59 bits per heavy atom. The van der Waals surface area contributed by atoms with Crippen LogP contribution in [-0.4, -0.2) is 11.2 Å². The second kappa shape index (κ2) is 8.51. The largest absolute Gasteiger partial charge is 2.00 e. The van der Waals surface area contributed by atoms with Gasteiger partial charge in [-0.15, -0.1) is 64.4 Å². The number of fused-ring (bicyclic) bond motifs is 2. The molecule has 140 valence electrons. The molecule has 5 rings (SSSR count). The van der Waals surface area contributed by atoms with Crippen molar-refractivity contribution in [3.05, 3.63) is 109 Å². The second-order valence-electron chi connectivity index (χ2n) is 6.57. The monoisotopic (exact) mass is 551 g/mol. The van der Waals surface area contributed by atoms with E-state index >= 15 is 0 Å². The fraction of sp³-hybridized carbons (Fsp3) is 0. The first-order valence-electron chi connectivity index (χ1n) is 9.18. The van der Waals surface area contributed by atoms with E-state index in [1.165, 1.54) is 5.39 Å². The molecule has 0 radical (unpaired) electrons. The molecular formula is C26H16N2Pt. The summed E-state index contributed by atoms with van der Waals surface area (Å²) in [5, 5.41) is 4.40. The van der Waals surface area contributed by atoms with Gasteiger partial charge in [-0.2, -0.15) is 0 Å². The topological polar surface area (TPSA) is 25.2 Å². The van der Waals surface area contributed by atoms with E-state index in [9.17, 15) is 0 Å². The summed E-state index contributed by atoms with van der Waals surface area (Å²) < 4.78 is 0. The molecule has 2 nitrogen and oxygen atoms in total. The molecule has 0 aliphatic carbocycles. The molecule has 1 aromatic heterocycles. The van der Waals surface area contributed by atoms with Gasteiger partial charge in [0.05, 0.1) is 5.69 Å². The first-order valence-corrected chi connectivity index (χ1v) is 9.18. The van der Waals surface area contributed by atoms with Gasteiger partial charge >= 0.3 is 21.1 Å². The Labute approximate surface area is 184 Å². The van der Waals surface area contributed by atoms with Crippen LogP contribution >= 0.6 is 0 Å². The molecule has 0 N–H and O–H groups in total. The van der Waals surface area contributed by atoms with Crippen LogP contribution in [0.4, 0.5) is 5.69 Å². The third-order valence-electron chi connectivity index (χ3n) is 4.77. The summed E-state index contributed by atoms with van der Waals surface area (Å²) in [6, 6.07) is 35.5. The summed E-state index contributed by atoms with van der Waals surface area (Å²) in [7, 11) is 0. The van der Waals surface area contributed by atoms with Gasteiger partial charge in [0.2, 0.25) is 0 Å². The fourth-order valence-electron chi connectivity index (χ4n) is 3.41. The number of pyridine rings is 1. The Balaban J connectivity index is 0.00000205. The van der Waals surface area contributed by atoms with Crippen LogP contribution in [0.5, 0.6) is 0 Å². The fourth-order valence-corrected chi connectivity index (χ4v) is 3.41. The summed E-state index contributed by atoms with van der Waals surface area (Å²) >= 11 is 0.